The van der Waals surface area contributed by atoms with E-state index in [1.807, 2.05) is 0 Å². The first-order chi connectivity index (χ1) is 15.0. The number of nitrogens with zero attached hydrogens (tertiary/aromatic N) is 3. The number of nitrogens with one attached hydrogen (secondary N) is 1. The van der Waals surface area contributed by atoms with Crippen molar-refractivity contribution < 1.29 is 9.72 Å². The highest BCUT2D eigenvalue weighted by atomic mass is 35.5. The van der Waals surface area contributed by atoms with E-state index in [0.29, 0.717) is 38.9 Å². The number of carbonyl (C=O) groups is 1. The van der Waals surface area contributed by atoms with Gasteiger partial charge in [-0.15, -0.1) is 0 Å². The second kappa shape index (κ2) is 6.62. The zero-order valence-electron chi connectivity index (χ0n) is 17.7. The topological polar surface area (TPSA) is 98.0 Å². The number of benzene rings is 2. The van der Waals surface area contributed by atoms with Crippen LogP contribution in [0.3, 0.4) is 0 Å². The highest BCUT2D eigenvalue weighted by molar-refractivity contribution is 6.42. The Bertz CT molecular complexity index is 1340. The molecule has 2 aliphatic carbocycles. The molecule has 0 saturated heterocycles. The summed E-state index contributed by atoms with van der Waals surface area (Å²) in [7, 11) is 0. The molecule has 2 bridgehead atoms. The Balaban J connectivity index is 1.68. The molecule has 0 radical (unpaired) electrons. The van der Waals surface area contributed by atoms with E-state index in [2.05, 4.69) is 26.1 Å². The quantitative estimate of drug-likeness (QED) is 0.384. The average Bonchev–Trinajstić information content (AvgIpc) is 3.03. The van der Waals surface area contributed by atoms with Gasteiger partial charge in [0.2, 0.25) is 5.91 Å². The Labute approximate surface area is 194 Å². The Morgan fingerprint density at radius 1 is 1.03 bits per heavy atom. The summed E-state index contributed by atoms with van der Waals surface area (Å²) in [5, 5.41) is 14.9. The fourth-order valence-electron chi connectivity index (χ4n) is 5.54. The van der Waals surface area contributed by atoms with Crippen LogP contribution in [0, 0.1) is 15.5 Å². The minimum atomic E-state index is -0.936. The zero-order chi connectivity index (χ0) is 23.1. The van der Waals surface area contributed by atoms with Gasteiger partial charge in [0.1, 0.15) is 0 Å². The SMILES string of the molecule is CC12CCC(C(=O)Nc3cccc([N+](=O)[O-])c3)(c3nc4cc(Cl)c(Cl)cc4nc31)C2(C)C. The molecular weight excluding hydrogens is 451 g/mol. The standard InChI is InChI=1S/C23H20Cl2N4O3/c1-21(2)22(3)7-8-23(21,20(30)26-12-5-4-6-13(9-12)29(31)32)19-18(22)27-16-10-14(24)15(25)11-17(16)28-19/h4-6,9-11H,7-8H2,1-3H3,(H,26,30). The van der Waals surface area contributed by atoms with Crippen LogP contribution < -0.4 is 5.32 Å². The van der Waals surface area contributed by atoms with E-state index in [1.54, 1.807) is 24.3 Å². The first-order valence-corrected chi connectivity index (χ1v) is 11.0. The van der Waals surface area contributed by atoms with Gasteiger partial charge in [0.15, 0.2) is 0 Å². The van der Waals surface area contributed by atoms with E-state index < -0.39 is 15.8 Å². The normalized spacial score (nSPS) is 25.0. The van der Waals surface area contributed by atoms with E-state index in [9.17, 15) is 14.9 Å². The Morgan fingerprint density at radius 2 is 1.66 bits per heavy atom. The number of hydrogen-bond acceptors (Lipinski definition) is 5. The summed E-state index contributed by atoms with van der Waals surface area (Å²) in [6.07, 6.45) is 1.38. The second-order valence-corrected chi connectivity index (χ2v) is 10.1. The molecular formula is C23H20Cl2N4O3. The van der Waals surface area contributed by atoms with Crippen LogP contribution in [-0.4, -0.2) is 20.8 Å². The van der Waals surface area contributed by atoms with Gasteiger partial charge in [-0.2, -0.15) is 0 Å². The van der Waals surface area contributed by atoms with Gasteiger partial charge in [-0.25, -0.2) is 9.97 Å². The van der Waals surface area contributed by atoms with Gasteiger partial charge in [0.25, 0.3) is 5.69 Å². The van der Waals surface area contributed by atoms with Crippen LogP contribution in [0.5, 0.6) is 0 Å². The van der Waals surface area contributed by atoms with E-state index in [1.165, 1.54) is 12.1 Å². The van der Waals surface area contributed by atoms with Crippen molar-refractivity contribution in [2.45, 2.75) is 44.4 Å². The summed E-state index contributed by atoms with van der Waals surface area (Å²) < 4.78 is 0. The number of nitro benzene ring substituents is 1. The fraction of sp³-hybridized carbons (Fsp3) is 0.348. The largest absolute Gasteiger partial charge is 0.325 e. The van der Waals surface area contributed by atoms with Crippen molar-refractivity contribution >= 4 is 51.5 Å². The molecule has 2 aliphatic rings. The predicted molar refractivity (Wildman–Crippen MR) is 123 cm³/mol. The molecule has 1 heterocycles. The Hall–Kier alpha value is -2.77. The molecule has 7 nitrogen and oxygen atoms in total. The van der Waals surface area contributed by atoms with Gasteiger partial charge in [-0.1, -0.05) is 50.0 Å². The number of hydrogen-bond donors (Lipinski definition) is 1. The van der Waals surface area contributed by atoms with Crippen molar-refractivity contribution in [2.75, 3.05) is 5.32 Å². The smallest absolute Gasteiger partial charge is 0.271 e. The van der Waals surface area contributed by atoms with Crippen molar-refractivity contribution in [3.8, 4) is 0 Å². The van der Waals surface area contributed by atoms with Gasteiger partial charge >= 0.3 is 0 Å². The van der Waals surface area contributed by atoms with Crippen molar-refractivity contribution in [3.05, 3.63) is 67.9 Å². The predicted octanol–water partition coefficient (Wildman–Crippen LogP) is 5.81. The maximum atomic E-state index is 13.9. The molecule has 32 heavy (non-hydrogen) atoms. The molecule has 2 unspecified atom stereocenters. The number of rotatable bonds is 3. The highest BCUT2D eigenvalue weighted by Crippen LogP contribution is 2.70. The van der Waals surface area contributed by atoms with Crippen LogP contribution in [0.1, 0.15) is 45.0 Å². The molecule has 1 amide bonds. The van der Waals surface area contributed by atoms with Gasteiger partial charge < -0.3 is 5.32 Å². The van der Waals surface area contributed by atoms with Gasteiger partial charge in [0, 0.05) is 23.2 Å². The van der Waals surface area contributed by atoms with Gasteiger partial charge in [-0.05, 0) is 36.5 Å². The van der Waals surface area contributed by atoms with Crippen LogP contribution in [-0.2, 0) is 15.6 Å². The number of amides is 1. The lowest BCUT2D eigenvalue weighted by molar-refractivity contribution is -0.384. The maximum Gasteiger partial charge on any atom is 0.271 e. The number of fused-ring (bicyclic) bond motifs is 6. The van der Waals surface area contributed by atoms with Crippen molar-refractivity contribution in [3.63, 3.8) is 0 Å². The first-order valence-electron chi connectivity index (χ1n) is 10.2. The lowest BCUT2D eigenvalue weighted by atomic mass is 9.63. The van der Waals surface area contributed by atoms with Crippen LogP contribution >= 0.6 is 23.2 Å². The third-order valence-corrected chi connectivity index (χ3v) is 8.50. The summed E-state index contributed by atoms with van der Waals surface area (Å²) >= 11 is 12.4. The summed E-state index contributed by atoms with van der Waals surface area (Å²) in [6.45, 7) is 6.27. The Kier molecular flexibility index (Phi) is 4.36. The van der Waals surface area contributed by atoms with Crippen LogP contribution in [0.2, 0.25) is 10.0 Å². The highest BCUT2D eigenvalue weighted by Gasteiger charge is 2.73. The molecule has 5 rings (SSSR count). The third-order valence-electron chi connectivity index (χ3n) is 7.78. The molecule has 2 atom stereocenters. The number of anilines is 1. The molecule has 1 aromatic heterocycles. The molecule has 1 saturated carbocycles. The molecule has 1 fully saturated rings. The van der Waals surface area contributed by atoms with E-state index >= 15 is 0 Å². The lowest BCUT2D eigenvalue weighted by Crippen LogP contribution is -2.48. The number of halogens is 2. The first kappa shape index (κ1) is 21.1. The number of non-ortho nitro benzene ring substituents is 1. The van der Waals surface area contributed by atoms with E-state index in [4.69, 9.17) is 33.2 Å². The van der Waals surface area contributed by atoms with Crippen molar-refractivity contribution in [2.24, 2.45) is 5.41 Å². The number of aromatic nitrogens is 2. The summed E-state index contributed by atoms with van der Waals surface area (Å²) in [5.41, 5.74) is 1.16. The molecule has 164 valence electrons. The van der Waals surface area contributed by atoms with Crippen LogP contribution in [0.4, 0.5) is 11.4 Å². The van der Waals surface area contributed by atoms with Crippen LogP contribution in [0.25, 0.3) is 11.0 Å². The Morgan fingerprint density at radius 3 is 2.28 bits per heavy atom. The number of carbonyl (C=O) groups excluding carboxylic acids is 1. The average molecular weight is 471 g/mol. The molecule has 2 aromatic carbocycles. The molecule has 3 aromatic rings. The van der Waals surface area contributed by atoms with Gasteiger partial charge in [0.05, 0.1) is 42.8 Å². The third kappa shape index (κ3) is 2.52. The zero-order valence-corrected chi connectivity index (χ0v) is 19.2. The van der Waals surface area contributed by atoms with E-state index in [0.717, 1.165) is 12.1 Å². The minimum Gasteiger partial charge on any atom is -0.325 e. The molecule has 0 aliphatic heterocycles. The van der Waals surface area contributed by atoms with E-state index in [-0.39, 0.29) is 17.0 Å². The lowest BCUT2D eigenvalue weighted by Gasteiger charge is -2.39. The monoisotopic (exact) mass is 470 g/mol. The summed E-state index contributed by atoms with van der Waals surface area (Å²) in [4.78, 5) is 34.3. The van der Waals surface area contributed by atoms with Crippen molar-refractivity contribution in [1.82, 2.24) is 9.97 Å². The molecule has 0 spiro atoms. The fourth-order valence-corrected chi connectivity index (χ4v) is 5.85. The number of nitro groups is 1. The summed E-state index contributed by atoms with van der Waals surface area (Å²) in [5.74, 6) is -0.237. The summed E-state index contributed by atoms with van der Waals surface area (Å²) in [6, 6.07) is 9.31. The van der Waals surface area contributed by atoms with Gasteiger partial charge in [-0.3, -0.25) is 14.9 Å². The van der Waals surface area contributed by atoms with Crippen molar-refractivity contribution in [1.29, 1.82) is 0 Å². The second-order valence-electron chi connectivity index (χ2n) is 9.30. The molecule has 9 heteroatoms. The minimum absolute atomic E-state index is 0.0834. The maximum absolute atomic E-state index is 13.9. The van der Waals surface area contributed by atoms with Crippen LogP contribution in [0.15, 0.2) is 36.4 Å². The molecule has 1 N–H and O–H groups in total.